The second kappa shape index (κ2) is 7.55. The standard InChI is InChI=1S/C20H22FNO3/c1-24-18-8-7-13(11-19(18)25-2)9-10-22-20(23)16-12-15(16)14-5-3-4-6-17(14)21/h3-8,11,15-16H,9-10,12H2,1-2H3,(H,22,23). The summed E-state index contributed by atoms with van der Waals surface area (Å²) in [6.45, 7) is 0.537. The van der Waals surface area contributed by atoms with Crippen LogP contribution in [0.3, 0.4) is 0 Å². The molecule has 0 aromatic heterocycles. The van der Waals surface area contributed by atoms with E-state index in [2.05, 4.69) is 5.32 Å². The number of hydrogen-bond donors (Lipinski definition) is 1. The first-order valence-electron chi connectivity index (χ1n) is 8.37. The molecule has 0 heterocycles. The molecule has 3 rings (SSSR count). The summed E-state index contributed by atoms with van der Waals surface area (Å²) in [6.07, 6.45) is 1.41. The van der Waals surface area contributed by atoms with E-state index in [0.29, 0.717) is 36.4 Å². The molecule has 1 aliphatic rings. The summed E-state index contributed by atoms with van der Waals surface area (Å²) in [5.74, 6) is 1.00. The van der Waals surface area contributed by atoms with Crippen LogP contribution in [0.15, 0.2) is 42.5 Å². The second-order valence-electron chi connectivity index (χ2n) is 6.20. The van der Waals surface area contributed by atoms with Crippen LogP contribution in [0.2, 0.25) is 0 Å². The minimum absolute atomic E-state index is 0.00211. The highest BCUT2D eigenvalue weighted by Gasteiger charge is 2.44. The van der Waals surface area contributed by atoms with Crippen molar-refractivity contribution in [2.45, 2.75) is 18.8 Å². The van der Waals surface area contributed by atoms with Gasteiger partial charge in [-0.15, -0.1) is 0 Å². The van der Waals surface area contributed by atoms with Crippen molar-refractivity contribution in [1.29, 1.82) is 0 Å². The molecule has 1 N–H and O–H groups in total. The number of carbonyl (C=O) groups is 1. The zero-order valence-corrected chi connectivity index (χ0v) is 14.4. The second-order valence-corrected chi connectivity index (χ2v) is 6.20. The van der Waals surface area contributed by atoms with Crippen LogP contribution in [0, 0.1) is 11.7 Å². The predicted octanol–water partition coefficient (Wildman–Crippen LogP) is 3.31. The van der Waals surface area contributed by atoms with Crippen LogP contribution in [0.4, 0.5) is 4.39 Å². The van der Waals surface area contributed by atoms with Crippen LogP contribution in [-0.2, 0) is 11.2 Å². The molecule has 1 amide bonds. The Kier molecular flexibility index (Phi) is 5.22. The number of rotatable bonds is 7. The Morgan fingerprint density at radius 3 is 2.64 bits per heavy atom. The summed E-state index contributed by atoms with van der Waals surface area (Å²) < 4.78 is 24.3. The number of halogens is 1. The fourth-order valence-corrected chi connectivity index (χ4v) is 3.10. The highest BCUT2D eigenvalue weighted by Crippen LogP contribution is 2.48. The topological polar surface area (TPSA) is 47.6 Å². The third kappa shape index (κ3) is 3.92. The number of methoxy groups -OCH3 is 2. The maximum atomic E-state index is 13.8. The SMILES string of the molecule is COc1ccc(CCNC(=O)C2CC2c2ccccc2F)cc1OC. The molecular weight excluding hydrogens is 321 g/mol. The molecule has 1 saturated carbocycles. The third-order valence-electron chi connectivity index (χ3n) is 4.59. The number of carbonyl (C=O) groups excluding carboxylic acids is 1. The van der Waals surface area contributed by atoms with Gasteiger partial charge in [0.05, 0.1) is 14.2 Å². The maximum Gasteiger partial charge on any atom is 0.223 e. The molecule has 4 nitrogen and oxygen atoms in total. The number of ether oxygens (including phenoxy) is 2. The predicted molar refractivity (Wildman–Crippen MR) is 93.5 cm³/mol. The molecule has 2 unspecified atom stereocenters. The largest absolute Gasteiger partial charge is 0.493 e. The zero-order chi connectivity index (χ0) is 17.8. The normalized spacial score (nSPS) is 18.5. The van der Waals surface area contributed by atoms with E-state index in [0.717, 1.165) is 5.56 Å². The van der Waals surface area contributed by atoms with Gasteiger partial charge in [0.25, 0.3) is 0 Å². The molecule has 5 heteroatoms. The van der Waals surface area contributed by atoms with Crippen LogP contribution >= 0.6 is 0 Å². The fourth-order valence-electron chi connectivity index (χ4n) is 3.10. The van der Waals surface area contributed by atoms with Gasteiger partial charge in [-0.1, -0.05) is 24.3 Å². The summed E-state index contributed by atoms with van der Waals surface area (Å²) >= 11 is 0. The lowest BCUT2D eigenvalue weighted by Crippen LogP contribution is -2.27. The fraction of sp³-hybridized carbons (Fsp3) is 0.350. The van der Waals surface area contributed by atoms with Crippen molar-refractivity contribution in [1.82, 2.24) is 5.32 Å². The van der Waals surface area contributed by atoms with Gasteiger partial charge in [0.2, 0.25) is 5.91 Å². The monoisotopic (exact) mass is 343 g/mol. The first-order chi connectivity index (χ1) is 12.1. The zero-order valence-electron chi connectivity index (χ0n) is 14.4. The van der Waals surface area contributed by atoms with Crippen LogP contribution in [0.5, 0.6) is 11.5 Å². The van der Waals surface area contributed by atoms with Gasteiger partial charge in [0, 0.05) is 12.5 Å². The van der Waals surface area contributed by atoms with Crippen molar-refractivity contribution in [2.75, 3.05) is 20.8 Å². The van der Waals surface area contributed by atoms with Gasteiger partial charge in [0.15, 0.2) is 11.5 Å². The van der Waals surface area contributed by atoms with Crippen molar-refractivity contribution < 1.29 is 18.7 Å². The van der Waals surface area contributed by atoms with E-state index in [9.17, 15) is 9.18 Å². The first kappa shape index (κ1) is 17.3. The van der Waals surface area contributed by atoms with E-state index in [1.165, 1.54) is 6.07 Å². The van der Waals surface area contributed by atoms with Gasteiger partial charge in [-0.2, -0.15) is 0 Å². The van der Waals surface area contributed by atoms with E-state index in [4.69, 9.17) is 9.47 Å². The van der Waals surface area contributed by atoms with Crippen LogP contribution in [-0.4, -0.2) is 26.7 Å². The van der Waals surface area contributed by atoms with Gasteiger partial charge < -0.3 is 14.8 Å². The van der Waals surface area contributed by atoms with E-state index in [1.54, 1.807) is 26.4 Å². The van der Waals surface area contributed by atoms with Crippen LogP contribution in [0.1, 0.15) is 23.5 Å². The molecule has 2 aromatic rings. The first-order valence-corrected chi connectivity index (χ1v) is 8.37. The van der Waals surface area contributed by atoms with Crippen molar-refractivity contribution in [3.63, 3.8) is 0 Å². The van der Waals surface area contributed by atoms with Gasteiger partial charge >= 0.3 is 0 Å². The van der Waals surface area contributed by atoms with Crippen molar-refractivity contribution in [2.24, 2.45) is 5.92 Å². The maximum absolute atomic E-state index is 13.8. The molecule has 1 aliphatic carbocycles. The summed E-state index contributed by atoms with van der Waals surface area (Å²) in [5, 5.41) is 2.94. The minimum Gasteiger partial charge on any atom is -0.493 e. The Morgan fingerprint density at radius 1 is 1.16 bits per heavy atom. The Bertz CT molecular complexity index is 762. The summed E-state index contributed by atoms with van der Waals surface area (Å²) in [6, 6.07) is 12.4. The summed E-state index contributed by atoms with van der Waals surface area (Å²) in [5.41, 5.74) is 1.70. The highest BCUT2D eigenvalue weighted by atomic mass is 19.1. The quantitative estimate of drug-likeness (QED) is 0.839. The van der Waals surface area contributed by atoms with E-state index in [-0.39, 0.29) is 23.6 Å². The van der Waals surface area contributed by atoms with Gasteiger partial charge in [0.1, 0.15) is 5.82 Å². The van der Waals surface area contributed by atoms with Crippen LogP contribution < -0.4 is 14.8 Å². The molecule has 132 valence electrons. The lowest BCUT2D eigenvalue weighted by Gasteiger charge is -2.10. The van der Waals surface area contributed by atoms with E-state index in [1.807, 2.05) is 24.3 Å². The summed E-state index contributed by atoms with van der Waals surface area (Å²) in [7, 11) is 3.19. The average molecular weight is 343 g/mol. The molecule has 0 radical (unpaired) electrons. The lowest BCUT2D eigenvalue weighted by molar-refractivity contribution is -0.122. The third-order valence-corrected chi connectivity index (χ3v) is 4.59. The van der Waals surface area contributed by atoms with Crippen molar-refractivity contribution >= 4 is 5.91 Å². The number of hydrogen-bond acceptors (Lipinski definition) is 3. The molecule has 25 heavy (non-hydrogen) atoms. The minimum atomic E-state index is -0.229. The van der Waals surface area contributed by atoms with Crippen LogP contribution in [0.25, 0.3) is 0 Å². The smallest absolute Gasteiger partial charge is 0.223 e. The van der Waals surface area contributed by atoms with Crippen molar-refractivity contribution in [3.8, 4) is 11.5 Å². The molecular formula is C20H22FNO3. The average Bonchev–Trinajstić information content (AvgIpc) is 3.42. The number of amides is 1. The molecule has 0 spiro atoms. The molecule has 0 saturated heterocycles. The highest BCUT2D eigenvalue weighted by molar-refractivity contribution is 5.82. The Hall–Kier alpha value is -2.56. The molecule has 2 aromatic carbocycles. The van der Waals surface area contributed by atoms with E-state index >= 15 is 0 Å². The Balaban J connectivity index is 1.50. The van der Waals surface area contributed by atoms with Crippen molar-refractivity contribution in [3.05, 3.63) is 59.4 Å². The van der Waals surface area contributed by atoms with Gasteiger partial charge in [-0.3, -0.25) is 4.79 Å². The number of benzene rings is 2. The molecule has 2 atom stereocenters. The van der Waals surface area contributed by atoms with Gasteiger partial charge in [-0.05, 0) is 48.1 Å². The lowest BCUT2D eigenvalue weighted by atomic mass is 10.1. The molecule has 1 fully saturated rings. The number of nitrogens with one attached hydrogen (secondary N) is 1. The van der Waals surface area contributed by atoms with E-state index < -0.39 is 0 Å². The Labute approximate surface area is 147 Å². The van der Waals surface area contributed by atoms with Gasteiger partial charge in [-0.25, -0.2) is 4.39 Å². The summed E-state index contributed by atoms with van der Waals surface area (Å²) in [4.78, 5) is 12.2. The molecule has 0 aliphatic heterocycles. The Morgan fingerprint density at radius 2 is 1.92 bits per heavy atom. The molecule has 0 bridgehead atoms.